The summed E-state index contributed by atoms with van der Waals surface area (Å²) >= 11 is 0. The van der Waals surface area contributed by atoms with Gasteiger partial charge >= 0.3 is 0 Å². The number of aromatic nitrogens is 1. The monoisotopic (exact) mass is 593 g/mol. The second-order valence-corrected chi connectivity index (χ2v) is 11.5. The van der Waals surface area contributed by atoms with Crippen molar-refractivity contribution in [3.63, 3.8) is 0 Å². The van der Waals surface area contributed by atoms with Crippen LogP contribution in [0.25, 0.3) is 10.9 Å². The molecule has 12 heteroatoms. The molecule has 0 radical (unpaired) electrons. The van der Waals surface area contributed by atoms with Gasteiger partial charge in [0.15, 0.2) is 0 Å². The van der Waals surface area contributed by atoms with Crippen LogP contribution in [0.1, 0.15) is 49.2 Å². The zero-order valence-electron chi connectivity index (χ0n) is 23.9. The summed E-state index contributed by atoms with van der Waals surface area (Å²) in [5.74, 6) is -3.94. The van der Waals surface area contributed by atoms with Gasteiger partial charge in [0.1, 0.15) is 30.1 Å². The Hall–Kier alpha value is -4.48. The van der Waals surface area contributed by atoms with Crippen molar-refractivity contribution < 1.29 is 32.7 Å². The Kier molecular flexibility index (Phi) is 7.31. The third kappa shape index (κ3) is 5.41. The molecular formula is C31H33F2N5O5. The smallest absolute Gasteiger partial charge is 0.270 e. The first-order valence-corrected chi connectivity index (χ1v) is 14.4. The highest BCUT2D eigenvalue weighted by atomic mass is 19.3. The molecule has 0 bridgehead atoms. The Morgan fingerprint density at radius 1 is 1.05 bits per heavy atom. The maximum absolute atomic E-state index is 14.2. The van der Waals surface area contributed by atoms with Crippen molar-refractivity contribution in [1.29, 1.82) is 0 Å². The van der Waals surface area contributed by atoms with E-state index in [2.05, 4.69) is 10.3 Å². The number of fused-ring (bicyclic) bond motifs is 3. The first kappa shape index (κ1) is 28.6. The number of alkyl halides is 2. The molecule has 3 aromatic rings. The number of nitrogens with one attached hydrogen (secondary N) is 2. The summed E-state index contributed by atoms with van der Waals surface area (Å²) in [6.45, 7) is 3.22. The van der Waals surface area contributed by atoms with E-state index >= 15 is 0 Å². The van der Waals surface area contributed by atoms with Crippen LogP contribution in [-0.2, 0) is 20.3 Å². The lowest BCUT2D eigenvalue weighted by atomic mass is 10.1. The molecule has 0 aliphatic carbocycles. The van der Waals surface area contributed by atoms with Gasteiger partial charge < -0.3 is 29.7 Å². The van der Waals surface area contributed by atoms with Crippen molar-refractivity contribution in [3.8, 4) is 5.75 Å². The predicted octanol–water partition coefficient (Wildman–Crippen LogP) is 3.42. The van der Waals surface area contributed by atoms with Crippen LogP contribution in [0, 0.1) is 0 Å². The van der Waals surface area contributed by atoms with Crippen LogP contribution in [0.4, 0.5) is 14.5 Å². The zero-order valence-corrected chi connectivity index (χ0v) is 23.9. The Bertz CT molecular complexity index is 1600. The topological polar surface area (TPSA) is 115 Å². The fourth-order valence-electron chi connectivity index (χ4n) is 6.35. The van der Waals surface area contributed by atoms with E-state index in [9.17, 15) is 28.0 Å². The van der Waals surface area contributed by atoms with E-state index < -0.39 is 29.8 Å². The molecular weight excluding hydrogens is 560 g/mol. The standard InChI is InChI=1S/C31H33F2N5O5/c1-18(39)36-12-11-21-8-10-26(30(42)37-13-14-43-27-6-4-3-5-25(27)37)38(21)29(41)24(17-36)35-28(40)23-16-19-15-20(31(2,32)33)7-9-22(19)34-23/h3-7,9,15-16,21,24,26,34H,8,10-14,17H2,1-2H3,(H,35,40)/t21-,24+,26+/m1/s1. The van der Waals surface area contributed by atoms with Gasteiger partial charge in [0.25, 0.3) is 11.8 Å². The van der Waals surface area contributed by atoms with Gasteiger partial charge in [-0.2, -0.15) is 0 Å². The summed E-state index contributed by atoms with van der Waals surface area (Å²) in [6.07, 6.45) is 1.57. The molecule has 2 saturated heterocycles. The van der Waals surface area contributed by atoms with Crippen LogP contribution in [0.3, 0.4) is 0 Å². The number of H-pyrrole nitrogens is 1. The van der Waals surface area contributed by atoms with Crippen LogP contribution in [-0.4, -0.2) is 82.8 Å². The highest BCUT2D eigenvalue weighted by Crippen LogP contribution is 2.36. The van der Waals surface area contributed by atoms with E-state index in [4.69, 9.17) is 4.74 Å². The SMILES string of the molecule is CC(=O)N1CC[C@H]2CC[C@@H](C(=O)N3CCOc4ccccc43)N2C(=O)[C@@H](NC(=O)c2cc3cc(C(C)(F)F)ccc3[nH]2)C1. The van der Waals surface area contributed by atoms with Crippen LogP contribution in [0.15, 0.2) is 48.5 Å². The van der Waals surface area contributed by atoms with Crippen molar-refractivity contribution >= 4 is 40.2 Å². The van der Waals surface area contributed by atoms with Crippen LogP contribution >= 0.6 is 0 Å². The normalized spacial score (nSPS) is 22.4. The van der Waals surface area contributed by atoms with Gasteiger partial charge in [-0.25, -0.2) is 8.78 Å². The van der Waals surface area contributed by atoms with Gasteiger partial charge in [0, 0.05) is 49.4 Å². The minimum atomic E-state index is -3.04. The fraction of sp³-hybridized carbons (Fsp3) is 0.419. The number of para-hydroxylation sites is 2. The molecule has 226 valence electrons. The average Bonchev–Trinajstić information content (AvgIpc) is 3.60. The zero-order chi connectivity index (χ0) is 30.5. The number of ether oxygens (including phenoxy) is 1. The Morgan fingerprint density at radius 3 is 2.60 bits per heavy atom. The molecule has 3 aliphatic rings. The Morgan fingerprint density at radius 2 is 1.84 bits per heavy atom. The van der Waals surface area contributed by atoms with E-state index in [1.807, 2.05) is 18.2 Å². The van der Waals surface area contributed by atoms with Crippen molar-refractivity contribution in [2.24, 2.45) is 0 Å². The molecule has 2 N–H and O–H groups in total. The summed E-state index contributed by atoms with van der Waals surface area (Å²) in [5.41, 5.74) is 1.05. The first-order chi connectivity index (χ1) is 20.5. The number of benzene rings is 2. The Labute approximate surface area is 246 Å². The van der Waals surface area contributed by atoms with E-state index in [0.717, 1.165) is 6.92 Å². The van der Waals surface area contributed by atoms with Gasteiger partial charge in [-0.15, -0.1) is 0 Å². The quantitative estimate of drug-likeness (QED) is 0.481. The lowest BCUT2D eigenvalue weighted by Gasteiger charge is -2.40. The first-order valence-electron chi connectivity index (χ1n) is 14.4. The molecule has 3 atom stereocenters. The van der Waals surface area contributed by atoms with Gasteiger partial charge in [0.05, 0.1) is 12.2 Å². The molecule has 10 nitrogen and oxygen atoms in total. The summed E-state index contributed by atoms with van der Waals surface area (Å²) in [6, 6.07) is 10.7. The predicted molar refractivity (Wildman–Crippen MR) is 154 cm³/mol. The molecule has 0 saturated carbocycles. The van der Waals surface area contributed by atoms with Gasteiger partial charge in [0.2, 0.25) is 17.7 Å². The molecule has 3 aliphatic heterocycles. The summed E-state index contributed by atoms with van der Waals surface area (Å²) in [5, 5.41) is 3.19. The number of hydrogen-bond donors (Lipinski definition) is 2. The van der Waals surface area contributed by atoms with Crippen molar-refractivity contribution in [1.82, 2.24) is 20.1 Å². The molecule has 1 aromatic heterocycles. The highest BCUT2D eigenvalue weighted by Gasteiger charge is 2.47. The van der Waals surface area contributed by atoms with Gasteiger partial charge in [-0.05, 0) is 49.6 Å². The molecule has 2 aromatic carbocycles. The highest BCUT2D eigenvalue weighted by molar-refractivity contribution is 6.03. The van der Waals surface area contributed by atoms with E-state index in [-0.39, 0.29) is 35.7 Å². The van der Waals surface area contributed by atoms with Crippen LogP contribution in [0.5, 0.6) is 5.75 Å². The second kappa shape index (κ2) is 11.0. The molecule has 6 rings (SSSR count). The molecule has 2 fully saturated rings. The number of carbonyl (C=O) groups is 4. The minimum Gasteiger partial charge on any atom is -0.490 e. The molecule has 0 unspecified atom stereocenters. The van der Waals surface area contributed by atoms with Crippen molar-refractivity contribution in [2.45, 2.75) is 57.2 Å². The van der Waals surface area contributed by atoms with Crippen LogP contribution in [0.2, 0.25) is 0 Å². The maximum atomic E-state index is 14.2. The summed E-state index contributed by atoms with van der Waals surface area (Å²) < 4.78 is 33.4. The number of aromatic amines is 1. The summed E-state index contributed by atoms with van der Waals surface area (Å²) in [7, 11) is 0. The third-order valence-corrected chi connectivity index (χ3v) is 8.59. The molecule has 0 spiro atoms. The van der Waals surface area contributed by atoms with Crippen LogP contribution < -0.4 is 15.0 Å². The average molecular weight is 594 g/mol. The fourth-order valence-corrected chi connectivity index (χ4v) is 6.35. The maximum Gasteiger partial charge on any atom is 0.270 e. The number of rotatable bonds is 4. The lowest BCUT2D eigenvalue weighted by Crippen LogP contribution is -2.61. The number of hydrogen-bond acceptors (Lipinski definition) is 5. The lowest BCUT2D eigenvalue weighted by molar-refractivity contribution is -0.144. The number of amides is 4. The number of carbonyl (C=O) groups excluding carboxylic acids is 4. The number of nitrogens with zero attached hydrogens (tertiary/aromatic N) is 3. The Balaban J connectivity index is 1.27. The largest absolute Gasteiger partial charge is 0.490 e. The molecule has 43 heavy (non-hydrogen) atoms. The third-order valence-electron chi connectivity index (χ3n) is 8.59. The summed E-state index contributed by atoms with van der Waals surface area (Å²) in [4.78, 5) is 61.7. The second-order valence-electron chi connectivity index (χ2n) is 11.5. The number of anilines is 1. The number of halogens is 2. The van der Waals surface area contributed by atoms with E-state index in [1.54, 1.807) is 15.9 Å². The van der Waals surface area contributed by atoms with Crippen molar-refractivity contribution in [3.05, 3.63) is 59.8 Å². The molecule has 4 heterocycles. The minimum absolute atomic E-state index is 0.0587. The van der Waals surface area contributed by atoms with E-state index in [0.29, 0.717) is 61.3 Å². The van der Waals surface area contributed by atoms with E-state index in [1.165, 1.54) is 36.1 Å². The van der Waals surface area contributed by atoms with Gasteiger partial charge in [-0.1, -0.05) is 18.2 Å². The molecule has 4 amide bonds. The van der Waals surface area contributed by atoms with Gasteiger partial charge in [-0.3, -0.25) is 19.2 Å². The van der Waals surface area contributed by atoms with Crippen molar-refractivity contribution in [2.75, 3.05) is 31.1 Å².